The summed E-state index contributed by atoms with van der Waals surface area (Å²) in [5.41, 5.74) is 3.85. The third-order valence-electron chi connectivity index (χ3n) is 4.37. The lowest BCUT2D eigenvalue weighted by Gasteiger charge is -2.17. The van der Waals surface area contributed by atoms with Crippen LogP contribution in [-0.2, 0) is 13.5 Å². The van der Waals surface area contributed by atoms with Gasteiger partial charge in [-0.05, 0) is 11.1 Å². The normalized spacial score (nSPS) is 19.2. The molecule has 0 fully saturated rings. The van der Waals surface area contributed by atoms with E-state index in [0.29, 0.717) is 17.7 Å². The number of rotatable bonds is 3. The molecular weight excluding hydrogens is 306 g/mol. The Morgan fingerprint density at radius 3 is 3.00 bits per heavy atom. The number of carbonyl (C=O) groups excluding carboxylic acids is 1. The van der Waals surface area contributed by atoms with E-state index in [1.54, 1.807) is 10.9 Å². The average Bonchev–Trinajstić information content (AvgIpc) is 3.27. The molecule has 24 heavy (non-hydrogen) atoms. The van der Waals surface area contributed by atoms with E-state index in [-0.39, 0.29) is 5.91 Å². The number of aromatic nitrogens is 4. The Morgan fingerprint density at radius 1 is 1.38 bits per heavy atom. The van der Waals surface area contributed by atoms with E-state index in [1.807, 2.05) is 37.5 Å². The maximum absolute atomic E-state index is 12.7. The number of nitrogens with one attached hydrogen (secondary N) is 2. The zero-order valence-corrected chi connectivity index (χ0v) is 13.1. The molecule has 0 aliphatic heterocycles. The van der Waals surface area contributed by atoms with Gasteiger partial charge < -0.3 is 10.4 Å². The number of hydrogen-bond donors (Lipinski definition) is 3. The van der Waals surface area contributed by atoms with Gasteiger partial charge in [0.15, 0.2) is 0 Å². The number of amides is 1. The Bertz CT molecular complexity index is 898. The summed E-state index contributed by atoms with van der Waals surface area (Å²) in [6.07, 6.45) is 4.89. The number of carbonyl (C=O) groups is 1. The molecule has 1 aliphatic rings. The first-order valence-corrected chi connectivity index (χ1v) is 7.72. The van der Waals surface area contributed by atoms with Gasteiger partial charge in [0.25, 0.3) is 5.91 Å². The van der Waals surface area contributed by atoms with Crippen molar-refractivity contribution in [2.75, 3.05) is 0 Å². The molecule has 1 amide bonds. The highest BCUT2D eigenvalue weighted by atomic mass is 16.3. The molecule has 7 heteroatoms. The average molecular weight is 323 g/mol. The predicted molar refractivity (Wildman–Crippen MR) is 87.1 cm³/mol. The van der Waals surface area contributed by atoms with Crippen LogP contribution in [0.2, 0.25) is 0 Å². The highest BCUT2D eigenvalue weighted by molar-refractivity contribution is 5.99. The van der Waals surface area contributed by atoms with Gasteiger partial charge in [-0.1, -0.05) is 24.3 Å². The van der Waals surface area contributed by atoms with Crippen molar-refractivity contribution >= 4 is 5.91 Å². The van der Waals surface area contributed by atoms with E-state index in [0.717, 1.165) is 16.7 Å². The van der Waals surface area contributed by atoms with Crippen molar-refractivity contribution < 1.29 is 9.90 Å². The van der Waals surface area contributed by atoms with Crippen LogP contribution in [0.3, 0.4) is 0 Å². The summed E-state index contributed by atoms with van der Waals surface area (Å²) in [7, 11) is 1.81. The van der Waals surface area contributed by atoms with Gasteiger partial charge in [0.05, 0.1) is 35.8 Å². The lowest BCUT2D eigenvalue weighted by Crippen LogP contribution is -2.33. The van der Waals surface area contributed by atoms with E-state index in [4.69, 9.17) is 0 Å². The number of aliphatic hydroxyl groups is 1. The van der Waals surface area contributed by atoms with Crippen LogP contribution in [0.4, 0.5) is 0 Å². The molecule has 3 N–H and O–H groups in total. The second-order valence-corrected chi connectivity index (χ2v) is 5.98. The third kappa shape index (κ3) is 2.39. The van der Waals surface area contributed by atoms with Crippen LogP contribution >= 0.6 is 0 Å². The van der Waals surface area contributed by atoms with Gasteiger partial charge in [0.2, 0.25) is 0 Å². The number of hydrogen-bond acceptors (Lipinski definition) is 4. The number of H-pyrrole nitrogens is 1. The SMILES string of the molecule is Cn1cc(-c2[nH]ncc2C(=O)N[C@H]2c3ccccc3C[C@H]2O)cn1. The first-order valence-electron chi connectivity index (χ1n) is 7.72. The van der Waals surface area contributed by atoms with Gasteiger partial charge in [-0.2, -0.15) is 10.2 Å². The van der Waals surface area contributed by atoms with Gasteiger partial charge in [-0.3, -0.25) is 14.6 Å². The highest BCUT2D eigenvalue weighted by Gasteiger charge is 2.32. The largest absolute Gasteiger partial charge is 0.390 e. The predicted octanol–water partition coefficient (Wildman–Crippen LogP) is 1.20. The fourth-order valence-electron chi connectivity index (χ4n) is 3.20. The Morgan fingerprint density at radius 2 is 2.21 bits per heavy atom. The number of aryl methyl sites for hydroxylation is 1. The van der Waals surface area contributed by atoms with Crippen molar-refractivity contribution in [1.82, 2.24) is 25.3 Å². The minimum atomic E-state index is -0.625. The number of benzene rings is 1. The first kappa shape index (κ1) is 14.6. The van der Waals surface area contributed by atoms with Crippen LogP contribution in [0.25, 0.3) is 11.3 Å². The van der Waals surface area contributed by atoms with Gasteiger partial charge in [0, 0.05) is 25.2 Å². The van der Waals surface area contributed by atoms with E-state index < -0.39 is 12.1 Å². The zero-order chi connectivity index (χ0) is 16.7. The van der Waals surface area contributed by atoms with Crippen LogP contribution in [0, 0.1) is 0 Å². The molecule has 4 rings (SSSR count). The first-order chi connectivity index (χ1) is 11.6. The van der Waals surface area contributed by atoms with Crippen LogP contribution in [0.5, 0.6) is 0 Å². The molecule has 0 unspecified atom stereocenters. The number of fused-ring (bicyclic) bond motifs is 1. The Kier molecular flexibility index (Phi) is 3.42. The third-order valence-corrected chi connectivity index (χ3v) is 4.37. The molecule has 1 aliphatic carbocycles. The maximum atomic E-state index is 12.7. The molecule has 0 saturated heterocycles. The van der Waals surface area contributed by atoms with Gasteiger partial charge in [-0.25, -0.2) is 0 Å². The van der Waals surface area contributed by atoms with Gasteiger partial charge in [-0.15, -0.1) is 0 Å². The fraction of sp³-hybridized carbons (Fsp3) is 0.235. The molecule has 0 bridgehead atoms. The van der Waals surface area contributed by atoms with Crippen LogP contribution < -0.4 is 5.32 Å². The van der Waals surface area contributed by atoms with Crippen molar-refractivity contribution in [2.45, 2.75) is 18.6 Å². The molecule has 7 nitrogen and oxygen atoms in total. The van der Waals surface area contributed by atoms with Crippen molar-refractivity contribution in [3.05, 3.63) is 59.5 Å². The van der Waals surface area contributed by atoms with Crippen molar-refractivity contribution in [2.24, 2.45) is 7.05 Å². The molecule has 2 heterocycles. The molecule has 0 spiro atoms. The van der Waals surface area contributed by atoms with Crippen LogP contribution in [0.15, 0.2) is 42.9 Å². The second kappa shape index (κ2) is 5.61. The van der Waals surface area contributed by atoms with E-state index in [2.05, 4.69) is 20.6 Å². The standard InChI is InChI=1S/C17H17N5O2/c1-22-9-11(7-19-22)15-13(8-18-21-15)17(24)20-16-12-5-3-2-4-10(12)6-14(16)23/h2-5,7-9,14,16,23H,6H2,1H3,(H,18,21)(H,20,24)/t14-,16+/m1/s1. The quantitative estimate of drug-likeness (QED) is 0.675. The van der Waals surface area contributed by atoms with E-state index >= 15 is 0 Å². The summed E-state index contributed by atoms with van der Waals surface area (Å²) < 4.78 is 1.66. The maximum Gasteiger partial charge on any atom is 0.255 e. The topological polar surface area (TPSA) is 95.8 Å². The zero-order valence-electron chi connectivity index (χ0n) is 13.1. The lowest BCUT2D eigenvalue weighted by molar-refractivity contribution is 0.0859. The molecule has 0 radical (unpaired) electrons. The monoisotopic (exact) mass is 323 g/mol. The van der Waals surface area contributed by atoms with Crippen LogP contribution in [0.1, 0.15) is 27.5 Å². The Balaban J connectivity index is 1.61. The molecule has 3 aromatic rings. The molecular formula is C17H17N5O2. The minimum absolute atomic E-state index is 0.275. The summed E-state index contributed by atoms with van der Waals surface area (Å²) in [6.45, 7) is 0. The molecule has 1 aromatic carbocycles. The lowest BCUT2D eigenvalue weighted by atomic mass is 10.1. The Hall–Kier alpha value is -2.93. The molecule has 122 valence electrons. The van der Waals surface area contributed by atoms with Gasteiger partial charge >= 0.3 is 0 Å². The number of nitrogens with zero attached hydrogens (tertiary/aromatic N) is 3. The van der Waals surface area contributed by atoms with Crippen LogP contribution in [-0.4, -0.2) is 37.1 Å². The summed E-state index contributed by atoms with van der Waals surface area (Å²) in [6, 6.07) is 7.35. The fourth-order valence-corrected chi connectivity index (χ4v) is 3.20. The summed E-state index contributed by atoms with van der Waals surface area (Å²) in [4.78, 5) is 12.7. The molecule has 0 saturated carbocycles. The smallest absolute Gasteiger partial charge is 0.255 e. The molecule has 2 atom stereocenters. The summed E-state index contributed by atoms with van der Waals surface area (Å²) >= 11 is 0. The van der Waals surface area contributed by atoms with Gasteiger partial charge in [0.1, 0.15) is 0 Å². The minimum Gasteiger partial charge on any atom is -0.390 e. The van der Waals surface area contributed by atoms with Crippen molar-refractivity contribution in [3.8, 4) is 11.3 Å². The number of aliphatic hydroxyl groups excluding tert-OH is 1. The highest BCUT2D eigenvalue weighted by Crippen LogP contribution is 2.32. The second-order valence-electron chi connectivity index (χ2n) is 5.98. The van der Waals surface area contributed by atoms with E-state index in [9.17, 15) is 9.90 Å². The Labute approximate surface area is 138 Å². The summed E-state index contributed by atoms with van der Waals surface area (Å²) in [5.74, 6) is -0.275. The van der Waals surface area contributed by atoms with E-state index in [1.165, 1.54) is 6.20 Å². The number of aromatic amines is 1. The van der Waals surface area contributed by atoms with Crippen molar-refractivity contribution in [3.63, 3.8) is 0 Å². The molecule has 2 aromatic heterocycles. The van der Waals surface area contributed by atoms with Crippen molar-refractivity contribution in [1.29, 1.82) is 0 Å². The summed E-state index contributed by atoms with van der Waals surface area (Å²) in [5, 5.41) is 24.2.